The Bertz CT molecular complexity index is 438. The number of rotatable bonds is 2. The fourth-order valence-corrected chi connectivity index (χ4v) is 2.32. The lowest BCUT2D eigenvalue weighted by molar-refractivity contribution is -0.126. The number of ether oxygens (including phenoxy) is 3. The van der Waals surface area contributed by atoms with Gasteiger partial charge in [0, 0.05) is 12.1 Å². The molecule has 1 unspecified atom stereocenters. The molecule has 2 heterocycles. The van der Waals surface area contributed by atoms with Crippen LogP contribution in [0.15, 0.2) is 11.8 Å². The van der Waals surface area contributed by atoms with Gasteiger partial charge in [0.1, 0.15) is 11.6 Å². The molecule has 0 bridgehead atoms. The van der Waals surface area contributed by atoms with Crippen LogP contribution in [0.25, 0.3) is 0 Å². The predicted molar refractivity (Wildman–Crippen MR) is 75.8 cm³/mol. The smallest absolute Gasteiger partial charge is 0.411 e. The van der Waals surface area contributed by atoms with Gasteiger partial charge in [-0.1, -0.05) is 0 Å². The first-order chi connectivity index (χ1) is 9.88. The fraction of sp³-hybridized carbons (Fsp3) is 0.733. The van der Waals surface area contributed by atoms with Crippen molar-refractivity contribution in [3.05, 3.63) is 11.8 Å². The Balaban J connectivity index is 2.09. The van der Waals surface area contributed by atoms with E-state index in [9.17, 15) is 9.59 Å². The summed E-state index contributed by atoms with van der Waals surface area (Å²) >= 11 is 0. The van der Waals surface area contributed by atoms with E-state index in [1.165, 1.54) is 11.2 Å². The molecule has 0 aromatic heterocycles. The van der Waals surface area contributed by atoms with E-state index < -0.39 is 17.7 Å². The van der Waals surface area contributed by atoms with Gasteiger partial charge in [-0.3, -0.25) is 9.69 Å². The monoisotopic (exact) mass is 297 g/mol. The SMILES string of the molecule is CC(C)(C)OC(=O)N1CCOCC1C(=O)C1=COCCC1. The summed E-state index contributed by atoms with van der Waals surface area (Å²) in [4.78, 5) is 26.3. The summed E-state index contributed by atoms with van der Waals surface area (Å²) in [6.45, 7) is 7.03. The van der Waals surface area contributed by atoms with Gasteiger partial charge in [-0.2, -0.15) is 0 Å². The van der Waals surface area contributed by atoms with Crippen molar-refractivity contribution in [1.29, 1.82) is 0 Å². The molecule has 0 aromatic rings. The van der Waals surface area contributed by atoms with E-state index in [1.807, 2.05) is 0 Å². The second kappa shape index (κ2) is 6.47. The van der Waals surface area contributed by atoms with Crippen molar-refractivity contribution in [2.75, 3.05) is 26.4 Å². The van der Waals surface area contributed by atoms with Crippen molar-refractivity contribution in [3.63, 3.8) is 0 Å². The van der Waals surface area contributed by atoms with E-state index in [2.05, 4.69) is 0 Å². The molecule has 0 saturated carbocycles. The summed E-state index contributed by atoms with van der Waals surface area (Å²) in [5, 5.41) is 0. The van der Waals surface area contributed by atoms with E-state index in [0.29, 0.717) is 31.8 Å². The molecule has 1 atom stereocenters. The van der Waals surface area contributed by atoms with Crippen LogP contribution >= 0.6 is 0 Å². The van der Waals surface area contributed by atoms with E-state index in [-0.39, 0.29) is 12.4 Å². The number of amides is 1. The van der Waals surface area contributed by atoms with Crippen molar-refractivity contribution in [3.8, 4) is 0 Å². The number of ketones is 1. The maximum atomic E-state index is 12.6. The molecule has 0 aromatic carbocycles. The average Bonchev–Trinajstić information content (AvgIpc) is 2.45. The molecule has 118 valence electrons. The number of carbonyl (C=O) groups is 2. The zero-order valence-electron chi connectivity index (χ0n) is 12.9. The lowest BCUT2D eigenvalue weighted by atomic mass is 9.99. The Morgan fingerprint density at radius 1 is 1.33 bits per heavy atom. The van der Waals surface area contributed by atoms with Crippen LogP contribution in [0.5, 0.6) is 0 Å². The van der Waals surface area contributed by atoms with E-state index >= 15 is 0 Å². The van der Waals surface area contributed by atoms with Gasteiger partial charge in [-0.25, -0.2) is 4.79 Å². The first-order valence-corrected chi connectivity index (χ1v) is 7.31. The van der Waals surface area contributed by atoms with Crippen LogP contribution in [0.2, 0.25) is 0 Å². The van der Waals surface area contributed by atoms with E-state index in [4.69, 9.17) is 14.2 Å². The van der Waals surface area contributed by atoms with Crippen LogP contribution in [-0.2, 0) is 19.0 Å². The van der Waals surface area contributed by atoms with Crippen molar-refractivity contribution in [2.24, 2.45) is 0 Å². The largest absolute Gasteiger partial charge is 0.501 e. The van der Waals surface area contributed by atoms with Crippen molar-refractivity contribution >= 4 is 11.9 Å². The molecule has 2 aliphatic heterocycles. The molecule has 1 amide bonds. The third kappa shape index (κ3) is 4.20. The van der Waals surface area contributed by atoms with Crippen LogP contribution in [0.4, 0.5) is 4.79 Å². The third-order valence-corrected chi connectivity index (χ3v) is 3.31. The summed E-state index contributed by atoms with van der Waals surface area (Å²) in [6.07, 6.45) is 2.53. The van der Waals surface area contributed by atoms with Crippen LogP contribution in [0.1, 0.15) is 33.6 Å². The van der Waals surface area contributed by atoms with Crippen molar-refractivity contribution in [2.45, 2.75) is 45.3 Å². The Kier molecular flexibility index (Phi) is 4.88. The minimum absolute atomic E-state index is 0.111. The molecule has 2 rings (SSSR count). The zero-order chi connectivity index (χ0) is 15.5. The minimum Gasteiger partial charge on any atom is -0.501 e. The van der Waals surface area contributed by atoms with E-state index in [0.717, 1.165) is 6.42 Å². The molecule has 0 radical (unpaired) electrons. The lowest BCUT2D eigenvalue weighted by Gasteiger charge is -2.36. The van der Waals surface area contributed by atoms with Crippen LogP contribution in [0.3, 0.4) is 0 Å². The summed E-state index contributed by atoms with van der Waals surface area (Å²) in [5.74, 6) is -0.111. The molecule has 21 heavy (non-hydrogen) atoms. The van der Waals surface area contributed by atoms with Gasteiger partial charge in [-0.15, -0.1) is 0 Å². The molecule has 1 fully saturated rings. The highest BCUT2D eigenvalue weighted by molar-refractivity contribution is 6.01. The number of nitrogens with zero attached hydrogens (tertiary/aromatic N) is 1. The minimum atomic E-state index is -0.624. The highest BCUT2D eigenvalue weighted by atomic mass is 16.6. The number of hydrogen-bond donors (Lipinski definition) is 0. The normalized spacial score (nSPS) is 23.1. The predicted octanol–water partition coefficient (Wildman–Crippen LogP) is 1.89. The summed E-state index contributed by atoms with van der Waals surface area (Å²) in [7, 11) is 0. The van der Waals surface area contributed by atoms with E-state index in [1.54, 1.807) is 20.8 Å². The van der Waals surface area contributed by atoms with Crippen LogP contribution < -0.4 is 0 Å². The quantitative estimate of drug-likeness (QED) is 0.778. The maximum Gasteiger partial charge on any atom is 0.411 e. The molecule has 1 saturated heterocycles. The summed E-state index contributed by atoms with van der Waals surface area (Å²) in [6, 6.07) is -0.624. The summed E-state index contributed by atoms with van der Waals surface area (Å²) in [5.41, 5.74) is 0.0289. The van der Waals surface area contributed by atoms with Gasteiger partial charge in [0.25, 0.3) is 0 Å². The lowest BCUT2D eigenvalue weighted by Crippen LogP contribution is -2.54. The highest BCUT2D eigenvalue weighted by Gasteiger charge is 2.36. The fourth-order valence-electron chi connectivity index (χ4n) is 2.32. The Labute approximate surface area is 125 Å². The highest BCUT2D eigenvalue weighted by Crippen LogP contribution is 2.21. The van der Waals surface area contributed by atoms with Gasteiger partial charge in [0.2, 0.25) is 0 Å². The number of carbonyl (C=O) groups excluding carboxylic acids is 2. The molecule has 0 spiro atoms. The van der Waals surface area contributed by atoms with Crippen LogP contribution in [0, 0.1) is 0 Å². The molecule has 6 nitrogen and oxygen atoms in total. The number of hydrogen-bond acceptors (Lipinski definition) is 5. The molecule has 0 aliphatic carbocycles. The Morgan fingerprint density at radius 3 is 2.71 bits per heavy atom. The second-order valence-corrected chi connectivity index (χ2v) is 6.25. The first kappa shape index (κ1) is 15.8. The molecule has 6 heteroatoms. The average molecular weight is 297 g/mol. The second-order valence-electron chi connectivity index (χ2n) is 6.25. The number of Topliss-reactive ketones (excluding diaryl/α,β-unsaturated/α-hetero) is 1. The van der Waals surface area contributed by atoms with Crippen LogP contribution in [-0.4, -0.2) is 54.8 Å². The number of morpholine rings is 1. The zero-order valence-corrected chi connectivity index (χ0v) is 12.9. The van der Waals surface area contributed by atoms with Crippen molar-refractivity contribution in [1.82, 2.24) is 4.90 Å². The van der Waals surface area contributed by atoms with Gasteiger partial charge in [-0.05, 0) is 33.6 Å². The Hall–Kier alpha value is -1.56. The van der Waals surface area contributed by atoms with Crippen molar-refractivity contribution < 1.29 is 23.8 Å². The maximum absolute atomic E-state index is 12.6. The van der Waals surface area contributed by atoms with Gasteiger partial charge >= 0.3 is 6.09 Å². The molecule has 2 aliphatic rings. The first-order valence-electron chi connectivity index (χ1n) is 7.31. The standard InChI is InChI=1S/C15H23NO5/c1-15(2,3)21-14(18)16-6-8-20-10-12(16)13(17)11-5-4-7-19-9-11/h9,12H,4-8,10H2,1-3H3. The molecular weight excluding hydrogens is 274 g/mol. The summed E-state index contributed by atoms with van der Waals surface area (Å²) < 4.78 is 16.0. The van der Waals surface area contributed by atoms with Gasteiger partial charge in [0.15, 0.2) is 5.78 Å². The van der Waals surface area contributed by atoms with Gasteiger partial charge < -0.3 is 14.2 Å². The molecule has 0 N–H and O–H groups in total. The Morgan fingerprint density at radius 2 is 2.10 bits per heavy atom. The van der Waals surface area contributed by atoms with Gasteiger partial charge in [0.05, 0.1) is 26.1 Å². The topological polar surface area (TPSA) is 65.1 Å². The third-order valence-electron chi connectivity index (χ3n) is 3.31. The molecular formula is C15H23NO5.